The molecule has 0 saturated carbocycles. The van der Waals surface area contributed by atoms with E-state index in [1.54, 1.807) is 17.7 Å². The van der Waals surface area contributed by atoms with Crippen LogP contribution in [-0.4, -0.2) is 16.0 Å². The molecule has 2 aromatic heterocycles. The van der Waals surface area contributed by atoms with Crippen molar-refractivity contribution in [1.82, 2.24) is 9.97 Å². The summed E-state index contributed by atoms with van der Waals surface area (Å²) >= 11 is 7.81. The van der Waals surface area contributed by atoms with Crippen LogP contribution in [0.5, 0.6) is 0 Å². The molecule has 3 nitrogen and oxygen atoms in total. The number of rotatable bonds is 3. The quantitative estimate of drug-likeness (QED) is 0.689. The van der Waals surface area contributed by atoms with E-state index in [9.17, 15) is 0 Å². The number of nitrogens with one attached hydrogen (secondary N) is 1. The molecule has 1 atom stereocenters. The molecule has 1 N–H and O–H groups in total. The van der Waals surface area contributed by atoms with Crippen LogP contribution < -0.4 is 5.32 Å². The number of halogens is 1. The highest BCUT2D eigenvalue weighted by Gasteiger charge is 2.07. The summed E-state index contributed by atoms with van der Waals surface area (Å²) < 4.78 is 0. The minimum Gasteiger partial charge on any atom is -0.366 e. The van der Waals surface area contributed by atoms with E-state index in [1.165, 1.54) is 0 Å². The Hall–Kier alpha value is -2.09. The predicted octanol–water partition coefficient (Wildman–Crippen LogP) is 4.90. The highest BCUT2D eigenvalue weighted by molar-refractivity contribution is 7.16. The van der Waals surface area contributed by atoms with Gasteiger partial charge in [-0.3, -0.25) is 0 Å². The third-order valence-corrected chi connectivity index (χ3v) is 4.53. The Bertz CT molecular complexity index is 892. The first kappa shape index (κ1) is 15.8. The molecule has 0 fully saturated rings. The number of hydrogen-bond donors (Lipinski definition) is 1. The van der Waals surface area contributed by atoms with Crippen LogP contribution in [0.1, 0.15) is 24.5 Å². The van der Waals surface area contributed by atoms with Gasteiger partial charge < -0.3 is 5.32 Å². The summed E-state index contributed by atoms with van der Waals surface area (Å²) in [6, 6.07) is 8.13. The number of hydrogen-bond acceptors (Lipinski definition) is 4. The maximum atomic E-state index is 6.19. The lowest BCUT2D eigenvalue weighted by molar-refractivity contribution is 0.822. The molecular weight excluding hydrogens is 326 g/mol. The number of aryl methyl sites for hydroxylation is 1. The summed E-state index contributed by atoms with van der Waals surface area (Å²) in [4.78, 5) is 9.57. The lowest BCUT2D eigenvalue weighted by Crippen LogP contribution is -2.15. The van der Waals surface area contributed by atoms with E-state index in [2.05, 4.69) is 34.0 Å². The molecule has 0 spiro atoms. The summed E-state index contributed by atoms with van der Waals surface area (Å²) in [5, 5.41) is 7.18. The van der Waals surface area contributed by atoms with Gasteiger partial charge in [-0.2, -0.15) is 0 Å². The number of anilines is 1. The van der Waals surface area contributed by atoms with Gasteiger partial charge in [0, 0.05) is 18.0 Å². The van der Waals surface area contributed by atoms with E-state index in [1.807, 2.05) is 36.6 Å². The molecule has 5 heteroatoms. The summed E-state index contributed by atoms with van der Waals surface area (Å²) in [6.07, 6.45) is 2.30. The molecule has 0 aliphatic carbocycles. The summed E-state index contributed by atoms with van der Waals surface area (Å²) in [6.45, 7) is 4.10. The van der Waals surface area contributed by atoms with Crippen molar-refractivity contribution in [3.05, 3.63) is 52.1 Å². The van der Waals surface area contributed by atoms with Gasteiger partial charge in [-0.05, 0) is 43.0 Å². The molecule has 0 saturated heterocycles. The Balaban J connectivity index is 1.67. The first-order chi connectivity index (χ1) is 11.1. The zero-order valence-electron chi connectivity index (χ0n) is 12.9. The molecular formula is C18H16ClN3S. The fourth-order valence-electron chi connectivity index (χ4n) is 2.21. The third-order valence-electron chi connectivity index (χ3n) is 3.40. The van der Waals surface area contributed by atoms with E-state index in [0.29, 0.717) is 11.4 Å². The van der Waals surface area contributed by atoms with Crippen LogP contribution in [0.25, 0.3) is 10.2 Å². The van der Waals surface area contributed by atoms with Crippen LogP contribution in [0.15, 0.2) is 36.0 Å². The van der Waals surface area contributed by atoms with Gasteiger partial charge in [0.05, 0.1) is 10.4 Å². The Morgan fingerprint density at radius 2 is 2.17 bits per heavy atom. The summed E-state index contributed by atoms with van der Waals surface area (Å²) in [7, 11) is 0. The molecule has 3 rings (SSSR count). The van der Waals surface area contributed by atoms with Gasteiger partial charge in [0.15, 0.2) is 0 Å². The zero-order chi connectivity index (χ0) is 16.2. The molecule has 23 heavy (non-hydrogen) atoms. The van der Waals surface area contributed by atoms with E-state index in [-0.39, 0.29) is 6.04 Å². The second kappa shape index (κ2) is 6.99. The van der Waals surface area contributed by atoms with Crippen LogP contribution in [0.3, 0.4) is 0 Å². The van der Waals surface area contributed by atoms with E-state index in [0.717, 1.165) is 27.2 Å². The summed E-state index contributed by atoms with van der Waals surface area (Å²) in [5.41, 5.74) is 2.01. The number of thiophene rings is 1. The van der Waals surface area contributed by atoms with Gasteiger partial charge in [-0.15, -0.1) is 11.3 Å². The number of benzene rings is 1. The standard InChI is InChI=1S/C18H16ClN3S/c1-12-6-7-14(16(19)10-12)5-3-4-13(2)22-17-15-8-9-23-18(15)21-11-20-17/h6-11,13H,4H2,1-2H3,(H,20,21,22). The van der Waals surface area contributed by atoms with Gasteiger partial charge in [0.2, 0.25) is 0 Å². The van der Waals surface area contributed by atoms with Crippen molar-refractivity contribution >= 4 is 39.0 Å². The number of nitrogens with zero attached hydrogens (tertiary/aromatic N) is 2. The minimum absolute atomic E-state index is 0.185. The molecule has 1 unspecified atom stereocenters. The summed E-state index contributed by atoms with van der Waals surface area (Å²) in [5.74, 6) is 7.18. The van der Waals surface area contributed by atoms with Crippen LogP contribution in [0, 0.1) is 18.8 Å². The minimum atomic E-state index is 0.185. The zero-order valence-corrected chi connectivity index (χ0v) is 14.5. The van der Waals surface area contributed by atoms with Crippen molar-refractivity contribution in [3.63, 3.8) is 0 Å². The molecule has 0 bridgehead atoms. The fourth-order valence-corrected chi connectivity index (χ4v) is 3.23. The third kappa shape index (κ3) is 3.82. The van der Waals surface area contributed by atoms with E-state index < -0.39 is 0 Å². The van der Waals surface area contributed by atoms with Crippen molar-refractivity contribution in [1.29, 1.82) is 0 Å². The largest absolute Gasteiger partial charge is 0.366 e. The molecule has 0 aliphatic rings. The first-order valence-corrected chi connectivity index (χ1v) is 8.59. The molecule has 0 aliphatic heterocycles. The van der Waals surface area contributed by atoms with Gasteiger partial charge >= 0.3 is 0 Å². The first-order valence-electron chi connectivity index (χ1n) is 7.33. The van der Waals surface area contributed by atoms with E-state index in [4.69, 9.17) is 11.6 Å². The SMILES string of the molecule is Cc1ccc(C#CCC(C)Nc2ncnc3sccc23)c(Cl)c1. The molecule has 2 heterocycles. The maximum Gasteiger partial charge on any atom is 0.138 e. The predicted molar refractivity (Wildman–Crippen MR) is 98.2 cm³/mol. The Morgan fingerprint density at radius 3 is 3.00 bits per heavy atom. The molecule has 1 aromatic carbocycles. The average Bonchev–Trinajstić information content (AvgIpc) is 2.99. The lowest BCUT2D eigenvalue weighted by Gasteiger charge is -2.11. The maximum absolute atomic E-state index is 6.19. The molecule has 116 valence electrons. The smallest absolute Gasteiger partial charge is 0.138 e. The fraction of sp³-hybridized carbons (Fsp3) is 0.222. The molecule has 3 aromatic rings. The Kier molecular flexibility index (Phi) is 4.80. The monoisotopic (exact) mass is 341 g/mol. The van der Waals surface area contributed by atoms with Crippen LogP contribution in [0.2, 0.25) is 5.02 Å². The van der Waals surface area contributed by atoms with Crippen LogP contribution >= 0.6 is 22.9 Å². The van der Waals surface area contributed by atoms with Crippen molar-refractivity contribution in [3.8, 4) is 11.8 Å². The lowest BCUT2D eigenvalue weighted by atomic mass is 10.1. The highest BCUT2D eigenvalue weighted by atomic mass is 35.5. The highest BCUT2D eigenvalue weighted by Crippen LogP contribution is 2.24. The van der Waals surface area contributed by atoms with Crippen LogP contribution in [-0.2, 0) is 0 Å². The van der Waals surface area contributed by atoms with Crippen LogP contribution in [0.4, 0.5) is 5.82 Å². The van der Waals surface area contributed by atoms with E-state index >= 15 is 0 Å². The second-order valence-electron chi connectivity index (χ2n) is 5.40. The normalized spacial score (nSPS) is 11.8. The molecule has 0 radical (unpaired) electrons. The van der Waals surface area contributed by atoms with Crippen molar-refractivity contribution < 1.29 is 0 Å². The van der Waals surface area contributed by atoms with Gasteiger partial charge in [-0.1, -0.05) is 29.5 Å². The van der Waals surface area contributed by atoms with Crippen molar-refractivity contribution in [2.24, 2.45) is 0 Å². The van der Waals surface area contributed by atoms with Crippen molar-refractivity contribution in [2.45, 2.75) is 26.3 Å². The Morgan fingerprint density at radius 1 is 1.30 bits per heavy atom. The average molecular weight is 342 g/mol. The number of fused-ring (bicyclic) bond motifs is 1. The topological polar surface area (TPSA) is 37.8 Å². The molecule has 0 amide bonds. The van der Waals surface area contributed by atoms with Gasteiger partial charge in [0.1, 0.15) is 17.0 Å². The van der Waals surface area contributed by atoms with Gasteiger partial charge in [0.25, 0.3) is 0 Å². The number of aromatic nitrogens is 2. The second-order valence-corrected chi connectivity index (χ2v) is 6.70. The van der Waals surface area contributed by atoms with Gasteiger partial charge in [-0.25, -0.2) is 9.97 Å². The Labute approximate surface area is 144 Å². The van der Waals surface area contributed by atoms with Crippen molar-refractivity contribution in [2.75, 3.05) is 5.32 Å².